The summed E-state index contributed by atoms with van der Waals surface area (Å²) in [5.41, 5.74) is 6.19. The van der Waals surface area contributed by atoms with E-state index in [9.17, 15) is 9.59 Å². The molecule has 0 aliphatic heterocycles. The highest BCUT2D eigenvalue weighted by Gasteiger charge is 2.17. The van der Waals surface area contributed by atoms with E-state index in [1.54, 1.807) is 24.5 Å². The van der Waals surface area contributed by atoms with Crippen LogP contribution in [0.1, 0.15) is 21.5 Å². The van der Waals surface area contributed by atoms with Gasteiger partial charge in [0.05, 0.1) is 17.5 Å². The summed E-state index contributed by atoms with van der Waals surface area (Å²) in [6.07, 6.45) is 4.83. The van der Waals surface area contributed by atoms with Crippen molar-refractivity contribution in [3.63, 3.8) is 0 Å². The Kier molecular flexibility index (Phi) is 7.09. The van der Waals surface area contributed by atoms with Crippen molar-refractivity contribution in [2.45, 2.75) is 12.1 Å². The van der Waals surface area contributed by atoms with E-state index >= 15 is 0 Å². The van der Waals surface area contributed by atoms with Gasteiger partial charge in [0.1, 0.15) is 0 Å². The molecule has 10 heteroatoms. The van der Waals surface area contributed by atoms with Gasteiger partial charge >= 0.3 is 5.97 Å². The molecule has 0 bridgehead atoms. The van der Waals surface area contributed by atoms with Crippen molar-refractivity contribution < 1.29 is 14.7 Å². The number of amides is 1. The molecule has 0 saturated carbocycles. The second-order valence-corrected chi connectivity index (χ2v) is 8.16. The average Bonchev–Trinajstić information content (AvgIpc) is 3.28. The number of hydrogen-bond acceptors (Lipinski definition) is 7. The number of rotatable bonds is 8. The number of carbonyl (C=O) groups is 2. The van der Waals surface area contributed by atoms with Gasteiger partial charge < -0.3 is 5.11 Å². The SMILES string of the molecule is Cc1ccc(-n2c(SCC(=O)NN=Cc3ccc(C(=O)O)cc3)nnc2-c2ccncc2)cc1. The van der Waals surface area contributed by atoms with Crippen LogP contribution in [0.3, 0.4) is 0 Å². The van der Waals surface area contributed by atoms with Crippen LogP contribution in [0.2, 0.25) is 0 Å². The highest BCUT2D eigenvalue weighted by Crippen LogP contribution is 2.27. The molecule has 0 aliphatic rings. The number of aryl methyl sites for hydroxylation is 1. The van der Waals surface area contributed by atoms with Crippen LogP contribution in [0.4, 0.5) is 0 Å². The predicted molar refractivity (Wildman–Crippen MR) is 129 cm³/mol. The van der Waals surface area contributed by atoms with Crippen LogP contribution in [0, 0.1) is 6.92 Å². The zero-order valence-electron chi connectivity index (χ0n) is 18.1. The van der Waals surface area contributed by atoms with Gasteiger partial charge in [0, 0.05) is 23.6 Å². The zero-order chi connectivity index (χ0) is 23.9. The Labute approximate surface area is 199 Å². The molecular formula is C24H20N6O3S. The summed E-state index contributed by atoms with van der Waals surface area (Å²) in [6.45, 7) is 2.01. The van der Waals surface area contributed by atoms with Gasteiger partial charge in [-0.25, -0.2) is 10.2 Å². The van der Waals surface area contributed by atoms with Crippen LogP contribution in [0.25, 0.3) is 17.1 Å². The quantitative estimate of drug-likeness (QED) is 0.228. The summed E-state index contributed by atoms with van der Waals surface area (Å²) in [6, 6.07) is 17.8. The highest BCUT2D eigenvalue weighted by atomic mass is 32.2. The number of nitrogens with one attached hydrogen (secondary N) is 1. The standard InChI is InChI=1S/C24H20N6O3S/c1-16-2-8-20(9-3-16)30-22(18-10-12-25-13-11-18)28-29-24(30)34-15-21(31)27-26-14-17-4-6-19(7-5-17)23(32)33/h2-14H,15H2,1H3,(H,27,31)(H,32,33). The lowest BCUT2D eigenvalue weighted by Gasteiger charge is -2.10. The lowest BCUT2D eigenvalue weighted by Crippen LogP contribution is -2.20. The van der Waals surface area contributed by atoms with Gasteiger partial charge in [-0.1, -0.05) is 41.6 Å². The Balaban J connectivity index is 1.46. The van der Waals surface area contributed by atoms with Gasteiger partial charge in [0.15, 0.2) is 11.0 Å². The Bertz CT molecular complexity index is 1320. The molecule has 2 heterocycles. The fourth-order valence-corrected chi connectivity index (χ4v) is 3.78. The minimum Gasteiger partial charge on any atom is -0.478 e. The number of carboxylic acid groups (broad SMARTS) is 1. The lowest BCUT2D eigenvalue weighted by atomic mass is 10.1. The van der Waals surface area contributed by atoms with Crippen LogP contribution >= 0.6 is 11.8 Å². The van der Waals surface area contributed by atoms with Crippen LogP contribution < -0.4 is 5.43 Å². The third kappa shape index (κ3) is 5.54. The number of hydrazone groups is 1. The van der Waals surface area contributed by atoms with E-state index in [0.717, 1.165) is 16.8 Å². The van der Waals surface area contributed by atoms with Crippen molar-refractivity contribution in [3.8, 4) is 17.1 Å². The number of nitrogens with zero attached hydrogens (tertiary/aromatic N) is 5. The number of pyridine rings is 1. The second kappa shape index (κ2) is 10.5. The third-order valence-corrected chi connectivity index (χ3v) is 5.69. The topological polar surface area (TPSA) is 122 Å². The van der Waals surface area contributed by atoms with Crippen molar-refractivity contribution in [1.82, 2.24) is 25.2 Å². The molecule has 9 nitrogen and oxygen atoms in total. The Hall–Kier alpha value is -4.31. The number of benzene rings is 2. The van der Waals surface area contributed by atoms with Crippen LogP contribution in [-0.4, -0.2) is 48.7 Å². The van der Waals surface area contributed by atoms with E-state index in [4.69, 9.17) is 5.11 Å². The molecule has 34 heavy (non-hydrogen) atoms. The Morgan fingerprint density at radius 1 is 1.03 bits per heavy atom. The van der Waals surface area contributed by atoms with Crippen LogP contribution in [-0.2, 0) is 4.79 Å². The van der Waals surface area contributed by atoms with Crippen LogP contribution in [0.15, 0.2) is 83.3 Å². The molecule has 0 aliphatic carbocycles. The molecule has 0 unspecified atom stereocenters. The smallest absolute Gasteiger partial charge is 0.335 e. The molecule has 4 aromatic rings. The molecule has 2 aromatic carbocycles. The second-order valence-electron chi connectivity index (χ2n) is 7.22. The van der Waals surface area contributed by atoms with Crippen LogP contribution in [0.5, 0.6) is 0 Å². The highest BCUT2D eigenvalue weighted by molar-refractivity contribution is 7.99. The van der Waals surface area contributed by atoms with Crippen molar-refractivity contribution in [2.24, 2.45) is 5.10 Å². The first-order valence-electron chi connectivity index (χ1n) is 10.2. The van der Waals surface area contributed by atoms with Gasteiger partial charge in [-0.15, -0.1) is 10.2 Å². The Morgan fingerprint density at radius 2 is 1.74 bits per heavy atom. The fourth-order valence-electron chi connectivity index (χ4n) is 3.03. The maximum atomic E-state index is 12.3. The summed E-state index contributed by atoms with van der Waals surface area (Å²) in [5.74, 6) is -0.584. The predicted octanol–water partition coefficient (Wildman–Crippen LogP) is 3.58. The number of carboxylic acids is 1. The van der Waals surface area contributed by atoms with E-state index in [1.807, 2.05) is 47.9 Å². The minimum absolute atomic E-state index is 0.0790. The first kappa shape index (κ1) is 22.9. The Morgan fingerprint density at radius 3 is 2.41 bits per heavy atom. The van der Waals surface area contributed by atoms with Crippen molar-refractivity contribution in [1.29, 1.82) is 0 Å². The van der Waals surface area contributed by atoms with E-state index < -0.39 is 5.97 Å². The number of aromatic carboxylic acids is 1. The van der Waals surface area contributed by atoms with Gasteiger partial charge in [-0.2, -0.15) is 5.10 Å². The van der Waals surface area contributed by atoms with E-state index in [-0.39, 0.29) is 17.2 Å². The van der Waals surface area contributed by atoms with Gasteiger partial charge in [-0.05, 0) is 48.9 Å². The van der Waals surface area contributed by atoms with Gasteiger partial charge in [0.25, 0.3) is 5.91 Å². The van der Waals surface area contributed by atoms with Gasteiger partial charge in [-0.3, -0.25) is 14.3 Å². The molecule has 0 spiro atoms. The summed E-state index contributed by atoms with van der Waals surface area (Å²) >= 11 is 1.24. The van der Waals surface area contributed by atoms with E-state index in [2.05, 4.69) is 25.7 Å². The molecule has 2 N–H and O–H groups in total. The minimum atomic E-state index is -1.00. The maximum Gasteiger partial charge on any atom is 0.335 e. The largest absolute Gasteiger partial charge is 0.478 e. The molecule has 4 rings (SSSR count). The lowest BCUT2D eigenvalue weighted by molar-refractivity contribution is -0.118. The van der Waals surface area contributed by atoms with E-state index in [0.29, 0.717) is 16.5 Å². The first-order chi connectivity index (χ1) is 16.5. The van der Waals surface area contributed by atoms with E-state index in [1.165, 1.54) is 30.1 Å². The molecule has 2 aromatic heterocycles. The summed E-state index contributed by atoms with van der Waals surface area (Å²) in [7, 11) is 0. The summed E-state index contributed by atoms with van der Waals surface area (Å²) in [5, 5.41) is 22.1. The summed E-state index contributed by atoms with van der Waals surface area (Å²) < 4.78 is 1.90. The molecule has 0 atom stereocenters. The normalized spacial score (nSPS) is 11.0. The molecule has 1 amide bonds. The molecular weight excluding hydrogens is 452 g/mol. The monoisotopic (exact) mass is 472 g/mol. The fraction of sp³-hybridized carbons (Fsp3) is 0.0833. The number of hydrogen-bond donors (Lipinski definition) is 2. The molecule has 0 saturated heterocycles. The average molecular weight is 473 g/mol. The van der Waals surface area contributed by atoms with Crippen molar-refractivity contribution in [3.05, 3.63) is 89.7 Å². The van der Waals surface area contributed by atoms with Gasteiger partial charge in [0.2, 0.25) is 0 Å². The third-order valence-electron chi connectivity index (χ3n) is 4.76. The maximum absolute atomic E-state index is 12.3. The zero-order valence-corrected chi connectivity index (χ0v) is 18.9. The molecule has 170 valence electrons. The number of carbonyl (C=O) groups excluding carboxylic acids is 1. The van der Waals surface area contributed by atoms with Crippen molar-refractivity contribution >= 4 is 29.9 Å². The number of aromatic nitrogens is 4. The summed E-state index contributed by atoms with van der Waals surface area (Å²) in [4.78, 5) is 27.3. The first-order valence-corrected chi connectivity index (χ1v) is 11.2. The number of thioether (sulfide) groups is 1. The van der Waals surface area contributed by atoms with Crippen molar-refractivity contribution in [2.75, 3.05) is 5.75 Å². The molecule has 0 radical (unpaired) electrons. The molecule has 0 fully saturated rings.